The minimum absolute atomic E-state index is 0.0714. The van der Waals surface area contributed by atoms with Crippen LogP contribution in [0.2, 0.25) is 5.02 Å². The summed E-state index contributed by atoms with van der Waals surface area (Å²) in [6.07, 6.45) is -3.51. The average Bonchev–Trinajstić information content (AvgIpc) is 3.01. The van der Waals surface area contributed by atoms with Gasteiger partial charge in [0.1, 0.15) is 18.2 Å². The van der Waals surface area contributed by atoms with Crippen molar-refractivity contribution in [3.63, 3.8) is 0 Å². The molecule has 0 bridgehead atoms. The van der Waals surface area contributed by atoms with Crippen molar-refractivity contribution in [2.75, 3.05) is 0 Å². The second kappa shape index (κ2) is 8.11. The summed E-state index contributed by atoms with van der Waals surface area (Å²) in [5.41, 5.74) is 0.719. The second-order valence-electron chi connectivity index (χ2n) is 5.46. The van der Waals surface area contributed by atoms with Gasteiger partial charge in [0.05, 0.1) is 11.2 Å². The summed E-state index contributed by atoms with van der Waals surface area (Å²) in [6, 6.07) is 10.6. The van der Waals surface area contributed by atoms with Gasteiger partial charge in [0, 0.05) is 5.56 Å². The van der Waals surface area contributed by atoms with Crippen molar-refractivity contribution in [3.05, 3.63) is 75.0 Å². The number of aromatic amines is 1. The number of aromatic nitrogens is 3. The molecule has 0 atom stereocenters. The van der Waals surface area contributed by atoms with Crippen LogP contribution in [0, 0.1) is 10.6 Å². The van der Waals surface area contributed by atoms with Crippen molar-refractivity contribution in [3.8, 4) is 5.75 Å². The van der Waals surface area contributed by atoms with E-state index in [4.69, 9.17) is 28.6 Å². The van der Waals surface area contributed by atoms with E-state index in [-0.39, 0.29) is 22.0 Å². The molecule has 0 amide bonds. The molecule has 146 valence electrons. The molecule has 3 rings (SSSR count). The Kier molecular flexibility index (Phi) is 5.80. The number of benzene rings is 2. The summed E-state index contributed by atoms with van der Waals surface area (Å²) < 4.78 is 57.9. The molecule has 0 spiro atoms. The van der Waals surface area contributed by atoms with Crippen molar-refractivity contribution in [1.29, 1.82) is 0 Å². The zero-order valence-corrected chi connectivity index (χ0v) is 15.4. The largest absolute Gasteiger partial charge is 0.489 e. The van der Waals surface area contributed by atoms with E-state index in [9.17, 15) is 17.6 Å². The van der Waals surface area contributed by atoms with Crippen molar-refractivity contribution in [2.24, 2.45) is 5.10 Å². The number of hydrogen-bond donors (Lipinski definition) is 1. The van der Waals surface area contributed by atoms with Crippen molar-refractivity contribution < 1.29 is 22.3 Å². The molecule has 0 aliphatic carbocycles. The van der Waals surface area contributed by atoms with Crippen LogP contribution in [0.4, 0.5) is 17.6 Å². The highest BCUT2D eigenvalue weighted by Crippen LogP contribution is 2.27. The Bertz CT molecular complexity index is 1040. The Morgan fingerprint density at radius 2 is 1.93 bits per heavy atom. The molecule has 1 heterocycles. The van der Waals surface area contributed by atoms with Crippen LogP contribution >= 0.6 is 23.8 Å². The number of H-pyrrole nitrogens is 1. The molecule has 0 aliphatic rings. The average molecular weight is 431 g/mol. The summed E-state index contributed by atoms with van der Waals surface area (Å²) in [7, 11) is 0. The maximum atomic E-state index is 13.7. The van der Waals surface area contributed by atoms with E-state index in [1.165, 1.54) is 18.3 Å². The smallest absolute Gasteiger partial charge is 0.453 e. The number of nitrogens with one attached hydrogen (secondary N) is 1. The van der Waals surface area contributed by atoms with E-state index in [2.05, 4.69) is 15.3 Å². The Morgan fingerprint density at radius 1 is 1.21 bits per heavy atom. The SMILES string of the molecule is Fc1cccc(Cl)c1COc1ccc(/C=N\n2c(C(F)(F)F)n[nH]c2=S)cc1. The molecular weight excluding hydrogens is 420 g/mol. The fourth-order valence-corrected chi connectivity index (χ4v) is 2.58. The van der Waals surface area contributed by atoms with Gasteiger partial charge in [0.15, 0.2) is 0 Å². The molecule has 28 heavy (non-hydrogen) atoms. The molecule has 0 radical (unpaired) electrons. The lowest BCUT2D eigenvalue weighted by Gasteiger charge is -2.09. The predicted octanol–water partition coefficient (Wildman–Crippen LogP) is 5.21. The van der Waals surface area contributed by atoms with Gasteiger partial charge in [0.25, 0.3) is 5.82 Å². The van der Waals surface area contributed by atoms with Gasteiger partial charge in [-0.1, -0.05) is 17.7 Å². The van der Waals surface area contributed by atoms with Crippen molar-refractivity contribution in [1.82, 2.24) is 14.9 Å². The van der Waals surface area contributed by atoms with Gasteiger partial charge in [0.2, 0.25) is 4.77 Å². The minimum Gasteiger partial charge on any atom is -0.489 e. The summed E-state index contributed by atoms with van der Waals surface area (Å²) in [4.78, 5) is 0. The Hall–Kier alpha value is -2.72. The zero-order chi connectivity index (χ0) is 20.3. The third kappa shape index (κ3) is 4.57. The van der Waals surface area contributed by atoms with Crippen LogP contribution in [0.5, 0.6) is 5.75 Å². The fraction of sp³-hybridized carbons (Fsp3) is 0.118. The van der Waals surface area contributed by atoms with Crippen molar-refractivity contribution in [2.45, 2.75) is 12.8 Å². The van der Waals surface area contributed by atoms with E-state index >= 15 is 0 Å². The van der Waals surface area contributed by atoms with Crippen LogP contribution < -0.4 is 4.74 Å². The standard InChI is InChI=1S/C17H11ClF4N4OS/c18-13-2-1-3-14(19)12(13)9-27-11-6-4-10(5-7-11)8-23-26-15(17(20,21)22)24-25-16(26)28/h1-8H,9H2,(H,25,28)/b23-8-. The highest BCUT2D eigenvalue weighted by molar-refractivity contribution is 7.71. The maximum absolute atomic E-state index is 13.7. The number of rotatable bonds is 5. The van der Waals surface area contributed by atoms with E-state index in [1.807, 2.05) is 0 Å². The van der Waals surface area contributed by atoms with Gasteiger partial charge >= 0.3 is 6.18 Å². The lowest BCUT2D eigenvalue weighted by molar-refractivity contribution is -0.147. The topological polar surface area (TPSA) is 55.2 Å². The molecule has 0 saturated carbocycles. The molecule has 0 fully saturated rings. The Balaban J connectivity index is 1.71. The third-order valence-corrected chi connectivity index (χ3v) is 4.17. The van der Waals surface area contributed by atoms with E-state index < -0.39 is 17.8 Å². The van der Waals surface area contributed by atoms with Gasteiger partial charge in [-0.2, -0.15) is 22.9 Å². The number of hydrogen-bond acceptors (Lipinski definition) is 4. The minimum atomic E-state index is -4.70. The first-order chi connectivity index (χ1) is 13.3. The zero-order valence-electron chi connectivity index (χ0n) is 13.9. The van der Waals surface area contributed by atoms with Gasteiger partial charge in [-0.3, -0.25) is 0 Å². The van der Waals surface area contributed by atoms with Gasteiger partial charge in [-0.15, -0.1) is 5.10 Å². The quantitative estimate of drug-likeness (QED) is 0.343. The van der Waals surface area contributed by atoms with Crippen LogP contribution in [-0.4, -0.2) is 21.1 Å². The highest BCUT2D eigenvalue weighted by atomic mass is 35.5. The first kappa shape index (κ1) is 20.0. The van der Waals surface area contributed by atoms with Gasteiger partial charge < -0.3 is 4.74 Å². The first-order valence-electron chi connectivity index (χ1n) is 7.70. The lowest BCUT2D eigenvalue weighted by atomic mass is 10.2. The number of halogens is 5. The first-order valence-corrected chi connectivity index (χ1v) is 8.49. The van der Waals surface area contributed by atoms with Crippen molar-refractivity contribution >= 4 is 30.0 Å². The molecule has 3 aromatic rings. The Morgan fingerprint density at radius 3 is 2.57 bits per heavy atom. The van der Waals surface area contributed by atoms with Crippen LogP contribution in [0.15, 0.2) is 47.6 Å². The predicted molar refractivity (Wildman–Crippen MR) is 97.6 cm³/mol. The summed E-state index contributed by atoms with van der Waals surface area (Å²) in [5.74, 6) is -1.31. The van der Waals surface area contributed by atoms with Gasteiger partial charge in [-0.05, 0) is 54.2 Å². The normalized spacial score (nSPS) is 11.9. The van der Waals surface area contributed by atoms with Crippen LogP contribution in [-0.2, 0) is 12.8 Å². The third-order valence-electron chi connectivity index (χ3n) is 3.55. The molecule has 1 aromatic heterocycles. The van der Waals surface area contributed by atoms with Crippen LogP contribution in [0.1, 0.15) is 17.0 Å². The second-order valence-corrected chi connectivity index (χ2v) is 6.26. The lowest BCUT2D eigenvalue weighted by Crippen LogP contribution is -2.12. The number of nitrogens with zero attached hydrogens (tertiary/aromatic N) is 3. The Labute approximate surface area is 166 Å². The van der Waals surface area contributed by atoms with Crippen LogP contribution in [0.25, 0.3) is 0 Å². The molecular formula is C17H11ClF4N4OS. The van der Waals surface area contributed by atoms with Gasteiger partial charge in [-0.25, -0.2) is 9.49 Å². The van der Waals surface area contributed by atoms with E-state index in [0.29, 0.717) is 16.0 Å². The molecule has 1 N–H and O–H groups in total. The molecule has 0 unspecified atom stereocenters. The molecule has 11 heteroatoms. The van der Waals surface area contributed by atoms with E-state index in [0.717, 1.165) is 0 Å². The number of ether oxygens (including phenoxy) is 1. The summed E-state index contributed by atoms with van der Waals surface area (Å²) >= 11 is 10.7. The molecule has 2 aromatic carbocycles. The monoisotopic (exact) mass is 430 g/mol. The molecule has 5 nitrogen and oxygen atoms in total. The summed E-state index contributed by atoms with van der Waals surface area (Å²) in [6.45, 7) is -0.0714. The number of alkyl halides is 3. The molecule has 0 saturated heterocycles. The van der Waals surface area contributed by atoms with E-state index in [1.54, 1.807) is 30.3 Å². The fourth-order valence-electron chi connectivity index (χ4n) is 2.18. The van der Waals surface area contributed by atoms with Crippen LogP contribution in [0.3, 0.4) is 0 Å². The molecule has 0 aliphatic heterocycles. The maximum Gasteiger partial charge on any atom is 0.453 e. The highest BCUT2D eigenvalue weighted by Gasteiger charge is 2.37. The summed E-state index contributed by atoms with van der Waals surface area (Å²) in [5, 5.41) is 9.14.